The predicted octanol–water partition coefficient (Wildman–Crippen LogP) is 5.52. The third-order valence-corrected chi connectivity index (χ3v) is 4.56. The number of hydrogen-bond donors (Lipinski definition) is 2. The summed E-state index contributed by atoms with van der Waals surface area (Å²) in [4.78, 5) is 32.8. The van der Waals surface area contributed by atoms with Crippen LogP contribution in [0.15, 0.2) is 12.2 Å². The molecule has 0 fully saturated rings. The number of aliphatic carboxylic acids is 2. The molecule has 0 unspecified atom stereocenters. The van der Waals surface area contributed by atoms with Gasteiger partial charge >= 0.3 is 11.9 Å². The van der Waals surface area contributed by atoms with Gasteiger partial charge in [-0.1, -0.05) is 57.9 Å². The van der Waals surface area contributed by atoms with E-state index in [1.165, 1.54) is 0 Å². The summed E-state index contributed by atoms with van der Waals surface area (Å²) in [7, 11) is 0. The second kappa shape index (κ2) is 16.8. The van der Waals surface area contributed by atoms with Gasteiger partial charge in [0, 0.05) is 19.3 Å². The molecule has 0 heterocycles. The molecule has 0 radical (unpaired) electrons. The van der Waals surface area contributed by atoms with Crippen molar-refractivity contribution < 1.29 is 24.6 Å². The van der Waals surface area contributed by atoms with Crippen molar-refractivity contribution in [3.63, 3.8) is 0 Å². The molecule has 0 aromatic heterocycles. The molecular weight excluding hydrogens is 332 g/mol. The normalized spacial score (nSPS) is 10.6. The van der Waals surface area contributed by atoms with Gasteiger partial charge in [-0.15, -0.1) is 0 Å². The van der Waals surface area contributed by atoms with Crippen molar-refractivity contribution >= 4 is 17.7 Å². The molecular formula is C21H36O5. The Labute approximate surface area is 157 Å². The highest BCUT2D eigenvalue weighted by Gasteiger charge is 2.07. The Balaban J connectivity index is 3.42. The molecule has 0 aliphatic carbocycles. The zero-order valence-electron chi connectivity index (χ0n) is 16.1. The van der Waals surface area contributed by atoms with Crippen molar-refractivity contribution in [2.45, 2.75) is 103 Å². The molecule has 0 aliphatic rings. The lowest BCUT2D eigenvalue weighted by molar-refractivity contribution is -0.138. The van der Waals surface area contributed by atoms with E-state index < -0.39 is 11.9 Å². The average Bonchev–Trinajstić information content (AvgIpc) is 2.58. The fourth-order valence-electron chi connectivity index (χ4n) is 2.91. The smallest absolute Gasteiger partial charge is 0.303 e. The number of carbonyl (C=O) groups is 3. The van der Waals surface area contributed by atoms with Gasteiger partial charge < -0.3 is 10.2 Å². The number of carboxylic acid groups (broad SMARTS) is 2. The molecule has 0 aliphatic heterocycles. The zero-order valence-corrected chi connectivity index (χ0v) is 16.1. The molecule has 2 N–H and O–H groups in total. The summed E-state index contributed by atoms with van der Waals surface area (Å²) < 4.78 is 0. The lowest BCUT2D eigenvalue weighted by Crippen LogP contribution is -2.01. The molecule has 0 saturated carbocycles. The third kappa shape index (κ3) is 17.2. The van der Waals surface area contributed by atoms with Crippen molar-refractivity contribution in [2.24, 2.45) is 0 Å². The standard InChI is InChI=1S/C21H36O5/c1-18(14-10-6-2-4-8-12-16-20(23)24)19(22)15-11-7-3-5-9-13-17-21(25)26/h1-17H2,(H,23,24)(H,25,26). The van der Waals surface area contributed by atoms with Crippen LogP contribution in [0.5, 0.6) is 0 Å². The summed E-state index contributed by atoms with van der Waals surface area (Å²) in [5, 5.41) is 17.1. The first kappa shape index (κ1) is 24.4. The molecule has 0 amide bonds. The molecule has 5 heteroatoms. The fourth-order valence-corrected chi connectivity index (χ4v) is 2.91. The van der Waals surface area contributed by atoms with Crippen LogP contribution < -0.4 is 0 Å². The molecule has 0 atom stereocenters. The first-order valence-electron chi connectivity index (χ1n) is 10.1. The highest BCUT2D eigenvalue weighted by atomic mass is 16.4. The van der Waals surface area contributed by atoms with E-state index in [1.807, 2.05) is 0 Å². The van der Waals surface area contributed by atoms with Crippen LogP contribution in [0, 0.1) is 0 Å². The maximum atomic E-state index is 12.0. The summed E-state index contributed by atoms with van der Waals surface area (Å²) in [6.07, 6.45) is 13.4. The van der Waals surface area contributed by atoms with Crippen LogP contribution >= 0.6 is 0 Å². The third-order valence-electron chi connectivity index (χ3n) is 4.56. The maximum Gasteiger partial charge on any atom is 0.303 e. The largest absolute Gasteiger partial charge is 0.481 e. The number of rotatable bonds is 19. The minimum Gasteiger partial charge on any atom is -0.481 e. The average molecular weight is 369 g/mol. The Hall–Kier alpha value is -1.65. The number of hydrogen-bond acceptors (Lipinski definition) is 3. The minimum atomic E-state index is -0.729. The van der Waals surface area contributed by atoms with Crippen molar-refractivity contribution in [2.75, 3.05) is 0 Å². The van der Waals surface area contributed by atoms with Crippen molar-refractivity contribution in [1.82, 2.24) is 0 Å². The van der Waals surface area contributed by atoms with E-state index in [2.05, 4.69) is 6.58 Å². The number of allylic oxidation sites excluding steroid dienone is 1. The van der Waals surface area contributed by atoms with Crippen LogP contribution in [-0.4, -0.2) is 27.9 Å². The van der Waals surface area contributed by atoms with Crippen LogP contribution in [0.25, 0.3) is 0 Å². The van der Waals surface area contributed by atoms with Gasteiger partial charge in [0.15, 0.2) is 5.78 Å². The molecule has 150 valence electrons. The van der Waals surface area contributed by atoms with Crippen molar-refractivity contribution in [1.29, 1.82) is 0 Å². The summed E-state index contributed by atoms with van der Waals surface area (Å²) in [6, 6.07) is 0. The lowest BCUT2D eigenvalue weighted by atomic mass is 9.99. The van der Waals surface area contributed by atoms with Gasteiger partial charge in [0.25, 0.3) is 0 Å². The van der Waals surface area contributed by atoms with Crippen LogP contribution in [-0.2, 0) is 14.4 Å². The van der Waals surface area contributed by atoms with E-state index in [0.717, 1.165) is 89.0 Å². The van der Waals surface area contributed by atoms with Gasteiger partial charge in [-0.05, 0) is 37.7 Å². The second-order valence-corrected chi connectivity index (χ2v) is 7.06. The number of Topliss-reactive ketones (excluding diaryl/α,β-unsaturated/α-hetero) is 1. The van der Waals surface area contributed by atoms with E-state index in [-0.39, 0.29) is 18.6 Å². The molecule has 0 aromatic rings. The van der Waals surface area contributed by atoms with Crippen LogP contribution in [0.1, 0.15) is 103 Å². The van der Waals surface area contributed by atoms with Crippen LogP contribution in [0.4, 0.5) is 0 Å². The van der Waals surface area contributed by atoms with Gasteiger partial charge in [0.1, 0.15) is 0 Å². The number of carboxylic acids is 2. The Bertz CT molecular complexity index is 388. The van der Waals surface area contributed by atoms with Crippen LogP contribution in [0.2, 0.25) is 0 Å². The Morgan fingerprint density at radius 2 is 0.808 bits per heavy atom. The molecule has 0 saturated heterocycles. The SMILES string of the molecule is C=C(CCCCCCCCC(=O)O)C(=O)CCCCCCCCC(=O)O. The molecule has 5 nitrogen and oxygen atoms in total. The number of carbonyl (C=O) groups excluding carboxylic acids is 1. The second-order valence-electron chi connectivity index (χ2n) is 7.06. The van der Waals surface area contributed by atoms with E-state index in [0.29, 0.717) is 6.42 Å². The minimum absolute atomic E-state index is 0.178. The highest BCUT2D eigenvalue weighted by molar-refractivity contribution is 5.94. The summed E-state index contributed by atoms with van der Waals surface area (Å²) in [6.45, 7) is 3.91. The topological polar surface area (TPSA) is 91.7 Å². The molecule has 0 spiro atoms. The summed E-state index contributed by atoms with van der Waals surface area (Å²) in [5.74, 6) is -1.28. The predicted molar refractivity (Wildman–Crippen MR) is 103 cm³/mol. The molecule has 0 aromatic carbocycles. The van der Waals surface area contributed by atoms with E-state index >= 15 is 0 Å². The monoisotopic (exact) mass is 368 g/mol. The molecule has 0 rings (SSSR count). The maximum absolute atomic E-state index is 12.0. The van der Waals surface area contributed by atoms with Gasteiger partial charge in [-0.2, -0.15) is 0 Å². The van der Waals surface area contributed by atoms with E-state index in [9.17, 15) is 14.4 Å². The highest BCUT2D eigenvalue weighted by Crippen LogP contribution is 2.15. The fraction of sp³-hybridized carbons (Fsp3) is 0.762. The number of ketones is 1. The van der Waals surface area contributed by atoms with E-state index in [1.54, 1.807) is 0 Å². The lowest BCUT2D eigenvalue weighted by Gasteiger charge is -2.06. The van der Waals surface area contributed by atoms with Crippen molar-refractivity contribution in [3.8, 4) is 0 Å². The van der Waals surface area contributed by atoms with Gasteiger partial charge in [-0.25, -0.2) is 0 Å². The Morgan fingerprint density at radius 3 is 1.19 bits per heavy atom. The molecule has 0 bridgehead atoms. The van der Waals surface area contributed by atoms with E-state index in [4.69, 9.17) is 10.2 Å². The van der Waals surface area contributed by atoms with Crippen LogP contribution in [0.3, 0.4) is 0 Å². The zero-order chi connectivity index (χ0) is 19.6. The Kier molecular flexibility index (Phi) is 15.7. The first-order valence-corrected chi connectivity index (χ1v) is 10.1. The summed E-state index contributed by atoms with van der Waals surface area (Å²) in [5.41, 5.74) is 0.734. The molecule has 26 heavy (non-hydrogen) atoms. The van der Waals surface area contributed by atoms with Gasteiger partial charge in [0.2, 0.25) is 0 Å². The van der Waals surface area contributed by atoms with Crippen molar-refractivity contribution in [3.05, 3.63) is 12.2 Å². The van der Waals surface area contributed by atoms with Gasteiger partial charge in [0.05, 0.1) is 0 Å². The summed E-state index contributed by atoms with van der Waals surface area (Å²) >= 11 is 0. The Morgan fingerprint density at radius 1 is 0.500 bits per heavy atom. The number of unbranched alkanes of at least 4 members (excludes halogenated alkanes) is 10. The quantitative estimate of drug-likeness (QED) is 0.231. The van der Waals surface area contributed by atoms with Gasteiger partial charge in [-0.3, -0.25) is 14.4 Å². The first-order chi connectivity index (χ1) is 12.4.